The molecule has 3 aromatic carbocycles. The van der Waals surface area contributed by atoms with Crippen molar-refractivity contribution in [3.8, 4) is 28.7 Å². The summed E-state index contributed by atoms with van der Waals surface area (Å²) < 4.78 is 28.5. The average molecular weight is 516 g/mol. The molecule has 0 fully saturated rings. The molecule has 3 aliphatic rings. The molecule has 9 heteroatoms. The zero-order chi connectivity index (χ0) is 24.8. The van der Waals surface area contributed by atoms with Gasteiger partial charge in [-0.2, -0.15) is 4.68 Å². The quantitative estimate of drug-likeness (QED) is 0.421. The van der Waals surface area contributed by atoms with E-state index in [0.29, 0.717) is 48.6 Å². The first kappa shape index (κ1) is 22.4. The summed E-state index contributed by atoms with van der Waals surface area (Å²) in [4.78, 5) is 1.42. The van der Waals surface area contributed by atoms with Gasteiger partial charge in [0.2, 0.25) is 4.77 Å². The van der Waals surface area contributed by atoms with Gasteiger partial charge in [0.05, 0.1) is 12.2 Å². The first-order valence-corrected chi connectivity index (χ1v) is 13.0. The second-order valence-electron chi connectivity index (χ2n) is 9.52. The van der Waals surface area contributed by atoms with Crippen LogP contribution in [0.4, 0.5) is 0 Å². The Morgan fingerprint density at radius 2 is 1.62 bits per heavy atom. The van der Waals surface area contributed by atoms with E-state index in [0.717, 1.165) is 36.7 Å². The van der Waals surface area contributed by atoms with Gasteiger partial charge in [0, 0.05) is 18.1 Å². The number of rotatable bonds is 4. The summed E-state index contributed by atoms with van der Waals surface area (Å²) in [6, 6.07) is 22.2. The molecule has 1 aromatic heterocycles. The van der Waals surface area contributed by atoms with Crippen molar-refractivity contribution in [1.29, 1.82) is 0 Å². The van der Waals surface area contributed by atoms with E-state index in [4.69, 9.17) is 36.3 Å². The number of aromatic nitrogens is 3. The Morgan fingerprint density at radius 3 is 2.51 bits per heavy atom. The van der Waals surface area contributed by atoms with Gasteiger partial charge in [0.1, 0.15) is 26.4 Å². The molecule has 0 bridgehead atoms. The maximum absolute atomic E-state index is 6.37. The number of quaternary nitrogens is 1. The van der Waals surface area contributed by atoms with Gasteiger partial charge in [-0.1, -0.05) is 36.4 Å². The maximum atomic E-state index is 6.37. The molecule has 7 rings (SSSR count). The molecule has 2 atom stereocenters. The second-order valence-corrected chi connectivity index (χ2v) is 9.89. The van der Waals surface area contributed by atoms with E-state index < -0.39 is 6.10 Å². The maximum Gasteiger partial charge on any atom is 0.207 e. The zero-order valence-electron chi connectivity index (χ0n) is 20.3. The first-order valence-electron chi connectivity index (χ1n) is 12.6. The van der Waals surface area contributed by atoms with Crippen LogP contribution in [0.1, 0.15) is 23.1 Å². The molecule has 0 spiro atoms. The average Bonchev–Trinajstić information content (AvgIpc) is 3.27. The lowest BCUT2D eigenvalue weighted by atomic mass is 10.0. The van der Waals surface area contributed by atoms with E-state index >= 15 is 0 Å². The fourth-order valence-electron chi connectivity index (χ4n) is 5.29. The van der Waals surface area contributed by atoms with Gasteiger partial charge in [-0.05, 0) is 42.0 Å². The number of nitrogens with one attached hydrogen (secondary N) is 1. The van der Waals surface area contributed by atoms with Crippen LogP contribution in [0.2, 0.25) is 0 Å². The number of hydrogen-bond donors (Lipinski definition) is 1. The summed E-state index contributed by atoms with van der Waals surface area (Å²) in [6.45, 7) is 4.05. The Balaban J connectivity index is 1.27. The van der Waals surface area contributed by atoms with Gasteiger partial charge < -0.3 is 23.8 Å². The Labute approximate surface area is 219 Å². The number of hydrogen-bond acceptors (Lipinski definition) is 6. The smallest absolute Gasteiger partial charge is 0.207 e. The third kappa shape index (κ3) is 4.14. The Morgan fingerprint density at radius 1 is 0.865 bits per heavy atom. The van der Waals surface area contributed by atoms with Crippen molar-refractivity contribution >= 4 is 12.2 Å². The van der Waals surface area contributed by atoms with Crippen molar-refractivity contribution in [2.24, 2.45) is 0 Å². The van der Waals surface area contributed by atoms with Gasteiger partial charge in [-0.15, -0.1) is 5.10 Å². The summed E-state index contributed by atoms with van der Waals surface area (Å²) in [5.41, 5.74) is 3.68. The molecule has 0 amide bonds. The molecule has 4 aromatic rings. The van der Waals surface area contributed by atoms with E-state index in [1.54, 1.807) is 0 Å². The second kappa shape index (κ2) is 9.24. The van der Waals surface area contributed by atoms with E-state index in [2.05, 4.69) is 24.3 Å². The molecule has 1 unspecified atom stereocenters. The molecule has 4 heterocycles. The highest BCUT2D eigenvalue weighted by molar-refractivity contribution is 7.71. The Bertz CT molecular complexity index is 1530. The van der Waals surface area contributed by atoms with Gasteiger partial charge in [0.25, 0.3) is 0 Å². The highest BCUT2D eigenvalue weighted by atomic mass is 32.1. The van der Waals surface area contributed by atoms with E-state index in [1.165, 1.54) is 16.0 Å². The van der Waals surface area contributed by atoms with Crippen LogP contribution < -0.4 is 23.8 Å². The van der Waals surface area contributed by atoms with Crippen LogP contribution in [0.3, 0.4) is 0 Å². The monoisotopic (exact) mass is 515 g/mol. The molecule has 188 valence electrons. The standard InChI is InChI=1S/C28H26N4O4S/c37-28-31(18-30-12-11-19-5-1-2-6-20(19)16-30)29-27(26-17-35-22-7-3-4-8-24(22)36-26)32(28)21-9-10-23-25(15-21)34-14-13-33-23/h1-10,15,26H,11-14,16-18H2/p+1/t26-/m1/s1. The fourth-order valence-corrected chi connectivity index (χ4v) is 5.59. The highest BCUT2D eigenvalue weighted by Crippen LogP contribution is 2.37. The number of benzene rings is 3. The van der Waals surface area contributed by atoms with Gasteiger partial charge >= 0.3 is 0 Å². The summed E-state index contributed by atoms with van der Waals surface area (Å²) in [6.07, 6.45) is 0.633. The summed E-state index contributed by atoms with van der Waals surface area (Å²) in [5.74, 6) is 3.57. The van der Waals surface area contributed by atoms with Gasteiger partial charge in [-0.3, -0.25) is 4.57 Å². The van der Waals surface area contributed by atoms with Crippen molar-refractivity contribution in [3.63, 3.8) is 0 Å². The largest absolute Gasteiger partial charge is 0.486 e. The van der Waals surface area contributed by atoms with Crippen LogP contribution >= 0.6 is 12.2 Å². The minimum absolute atomic E-state index is 0.345. The first-order chi connectivity index (χ1) is 18.2. The van der Waals surface area contributed by atoms with E-state index in [-0.39, 0.29) is 0 Å². The minimum Gasteiger partial charge on any atom is -0.486 e. The molecule has 3 aliphatic heterocycles. The molecule has 1 N–H and O–H groups in total. The zero-order valence-corrected chi connectivity index (χ0v) is 21.1. The topological polar surface area (TPSA) is 64.1 Å². The predicted molar refractivity (Wildman–Crippen MR) is 138 cm³/mol. The summed E-state index contributed by atoms with van der Waals surface area (Å²) >= 11 is 6.02. The molecule has 37 heavy (non-hydrogen) atoms. The molecular weight excluding hydrogens is 488 g/mol. The Kier molecular flexibility index (Phi) is 5.59. The SMILES string of the molecule is S=c1n(C[NH+]2CCc3ccccc3C2)nc([C@H]2COc3ccccc3O2)n1-c1ccc2c(c1)OCCO2. The van der Waals surface area contributed by atoms with Crippen molar-refractivity contribution < 1.29 is 23.8 Å². The normalized spacial score (nSPS) is 19.8. The van der Waals surface area contributed by atoms with Crippen LogP contribution in [0.25, 0.3) is 5.69 Å². The third-order valence-electron chi connectivity index (χ3n) is 7.13. The lowest BCUT2D eigenvalue weighted by Gasteiger charge is -2.26. The molecule has 0 saturated carbocycles. The van der Waals surface area contributed by atoms with Gasteiger partial charge in [-0.25, -0.2) is 0 Å². The molecular formula is C28H27N4O4S+. The molecule has 0 aliphatic carbocycles. The Hall–Kier alpha value is -3.82. The number of ether oxygens (including phenoxy) is 4. The van der Waals surface area contributed by atoms with Crippen LogP contribution in [0.5, 0.6) is 23.0 Å². The fraction of sp³-hybridized carbons (Fsp3) is 0.286. The molecule has 8 nitrogen and oxygen atoms in total. The van der Waals surface area contributed by atoms with Gasteiger partial charge in [0.15, 0.2) is 41.6 Å². The summed E-state index contributed by atoms with van der Waals surface area (Å²) in [5, 5.41) is 5.02. The third-order valence-corrected chi connectivity index (χ3v) is 7.52. The van der Waals surface area contributed by atoms with Crippen molar-refractivity contribution in [1.82, 2.24) is 14.3 Å². The van der Waals surface area contributed by atoms with Crippen molar-refractivity contribution in [2.75, 3.05) is 26.4 Å². The number of fused-ring (bicyclic) bond motifs is 3. The van der Waals surface area contributed by atoms with Crippen molar-refractivity contribution in [2.45, 2.75) is 25.7 Å². The highest BCUT2D eigenvalue weighted by Gasteiger charge is 2.30. The van der Waals surface area contributed by atoms with Crippen molar-refractivity contribution in [3.05, 3.63) is 88.5 Å². The van der Waals surface area contributed by atoms with Crippen LogP contribution in [-0.4, -0.2) is 40.7 Å². The summed E-state index contributed by atoms with van der Waals surface area (Å²) in [7, 11) is 0. The van der Waals surface area contributed by atoms with E-state index in [1.807, 2.05) is 51.7 Å². The van der Waals surface area contributed by atoms with Crippen LogP contribution in [-0.2, 0) is 19.6 Å². The van der Waals surface area contributed by atoms with Crippen LogP contribution in [0, 0.1) is 4.77 Å². The predicted octanol–water partition coefficient (Wildman–Crippen LogP) is 3.29. The lowest BCUT2D eigenvalue weighted by Crippen LogP contribution is -3.11. The molecule has 0 radical (unpaired) electrons. The van der Waals surface area contributed by atoms with E-state index in [9.17, 15) is 0 Å². The minimum atomic E-state index is -0.414. The molecule has 0 saturated heterocycles. The number of para-hydroxylation sites is 2. The van der Waals surface area contributed by atoms with Crippen LogP contribution in [0.15, 0.2) is 66.7 Å². The number of nitrogens with zero attached hydrogens (tertiary/aromatic N) is 3. The lowest BCUT2D eigenvalue weighted by molar-refractivity contribution is -0.939.